The third-order valence-corrected chi connectivity index (χ3v) is 3.11. The van der Waals surface area contributed by atoms with Crippen molar-refractivity contribution in [3.63, 3.8) is 0 Å². The van der Waals surface area contributed by atoms with Gasteiger partial charge in [-0.05, 0) is 30.2 Å². The van der Waals surface area contributed by atoms with Crippen molar-refractivity contribution in [3.05, 3.63) is 33.3 Å². The second-order valence-corrected chi connectivity index (χ2v) is 5.53. The minimum Gasteiger partial charge on any atom is -0.394 e. The van der Waals surface area contributed by atoms with E-state index < -0.39 is 0 Å². The highest BCUT2D eigenvalue weighted by Crippen LogP contribution is 2.26. The van der Waals surface area contributed by atoms with Gasteiger partial charge in [-0.25, -0.2) is 0 Å². The van der Waals surface area contributed by atoms with Gasteiger partial charge in [-0.2, -0.15) is 0 Å². The molecule has 1 aromatic rings. The fourth-order valence-electron chi connectivity index (χ4n) is 1.43. The molecule has 1 aromatic carbocycles. The lowest BCUT2D eigenvalue weighted by Crippen LogP contribution is -2.28. The predicted octanol–water partition coefficient (Wildman–Crippen LogP) is 3.38. The Morgan fingerprint density at radius 1 is 1.44 bits per heavy atom. The maximum absolute atomic E-state index is 9.35. The van der Waals surface area contributed by atoms with Gasteiger partial charge in [0, 0.05) is 9.50 Å². The minimum absolute atomic E-state index is 0.0497. The zero-order valence-corrected chi connectivity index (χ0v) is 11.8. The largest absolute Gasteiger partial charge is 0.394 e. The molecule has 0 heterocycles. The van der Waals surface area contributed by atoms with Crippen molar-refractivity contribution in [2.75, 3.05) is 13.2 Å². The molecule has 0 aromatic heterocycles. The average molecular weight is 307 g/mol. The van der Waals surface area contributed by atoms with Crippen LogP contribution >= 0.6 is 27.5 Å². The van der Waals surface area contributed by atoms with Crippen molar-refractivity contribution < 1.29 is 5.11 Å². The molecule has 2 nitrogen and oxygen atoms in total. The molecule has 0 saturated carbocycles. The number of rotatable bonds is 5. The molecular weight excluding hydrogens is 289 g/mol. The Kier molecular flexibility index (Phi) is 5.76. The maximum Gasteiger partial charge on any atom is 0.0627 e. The van der Waals surface area contributed by atoms with E-state index in [0.717, 1.165) is 16.6 Å². The monoisotopic (exact) mass is 305 g/mol. The highest BCUT2D eigenvalue weighted by molar-refractivity contribution is 9.10. The van der Waals surface area contributed by atoms with Crippen molar-refractivity contribution in [1.29, 1.82) is 0 Å². The van der Waals surface area contributed by atoms with Gasteiger partial charge < -0.3 is 10.4 Å². The Morgan fingerprint density at radius 3 is 2.62 bits per heavy atom. The molecule has 90 valence electrons. The summed E-state index contributed by atoms with van der Waals surface area (Å²) in [5.41, 5.74) is 0.938. The zero-order valence-electron chi connectivity index (χ0n) is 9.50. The Hall–Kier alpha value is -0.0900. The summed E-state index contributed by atoms with van der Waals surface area (Å²) < 4.78 is 0.946. The third kappa shape index (κ3) is 4.06. The average Bonchev–Trinajstić information content (AvgIpc) is 2.21. The van der Waals surface area contributed by atoms with Gasteiger partial charge in [-0.15, -0.1) is 0 Å². The van der Waals surface area contributed by atoms with Crippen LogP contribution in [0.1, 0.15) is 25.5 Å². The van der Waals surface area contributed by atoms with Gasteiger partial charge >= 0.3 is 0 Å². The van der Waals surface area contributed by atoms with Crippen LogP contribution in [0.3, 0.4) is 0 Å². The first-order chi connectivity index (χ1) is 7.54. The standard InChI is InChI=1S/C12H17BrClNO/c1-8(2)6-15-12(7-16)10-4-3-9(13)5-11(10)14/h3-5,8,12,15-16H,6-7H2,1-2H3. The first-order valence-electron chi connectivity index (χ1n) is 5.33. The van der Waals surface area contributed by atoms with E-state index in [1.807, 2.05) is 18.2 Å². The summed E-state index contributed by atoms with van der Waals surface area (Å²) in [5, 5.41) is 13.3. The van der Waals surface area contributed by atoms with E-state index in [1.54, 1.807) is 0 Å². The lowest BCUT2D eigenvalue weighted by Gasteiger charge is -2.19. The number of halogens is 2. The molecule has 0 fully saturated rings. The van der Waals surface area contributed by atoms with Crippen LogP contribution < -0.4 is 5.32 Å². The van der Waals surface area contributed by atoms with Crippen molar-refractivity contribution in [1.82, 2.24) is 5.32 Å². The number of aliphatic hydroxyl groups excluding tert-OH is 1. The van der Waals surface area contributed by atoms with Crippen LogP contribution in [0.25, 0.3) is 0 Å². The normalized spacial score (nSPS) is 13.1. The van der Waals surface area contributed by atoms with E-state index >= 15 is 0 Å². The van der Waals surface area contributed by atoms with Gasteiger partial charge in [0.15, 0.2) is 0 Å². The van der Waals surface area contributed by atoms with Crippen molar-refractivity contribution in [2.24, 2.45) is 5.92 Å². The summed E-state index contributed by atoms with van der Waals surface area (Å²) in [7, 11) is 0. The van der Waals surface area contributed by atoms with Crippen LogP contribution in [0, 0.1) is 5.92 Å². The van der Waals surface area contributed by atoms with Crippen LogP contribution in [-0.2, 0) is 0 Å². The minimum atomic E-state index is -0.0944. The van der Waals surface area contributed by atoms with Crippen molar-refractivity contribution in [2.45, 2.75) is 19.9 Å². The smallest absolute Gasteiger partial charge is 0.0627 e. The molecule has 0 aliphatic heterocycles. The predicted molar refractivity (Wildman–Crippen MR) is 71.8 cm³/mol. The lowest BCUT2D eigenvalue weighted by molar-refractivity contribution is 0.241. The summed E-state index contributed by atoms with van der Waals surface area (Å²) in [5.74, 6) is 0.545. The van der Waals surface area contributed by atoms with Crippen molar-refractivity contribution >= 4 is 27.5 Å². The van der Waals surface area contributed by atoms with Crippen molar-refractivity contribution in [3.8, 4) is 0 Å². The summed E-state index contributed by atoms with van der Waals surface area (Å²) in [4.78, 5) is 0. The molecule has 0 radical (unpaired) electrons. The summed E-state index contributed by atoms with van der Waals surface area (Å²) in [6, 6.07) is 5.61. The van der Waals surface area contributed by atoms with Gasteiger partial charge in [0.25, 0.3) is 0 Å². The second-order valence-electron chi connectivity index (χ2n) is 4.20. The Bertz CT molecular complexity index is 344. The topological polar surface area (TPSA) is 32.3 Å². The summed E-state index contributed by atoms with van der Waals surface area (Å²) in [6.07, 6.45) is 0. The van der Waals surface area contributed by atoms with Crippen LogP contribution in [0.4, 0.5) is 0 Å². The van der Waals surface area contributed by atoms with Gasteiger partial charge in [-0.1, -0.05) is 47.4 Å². The summed E-state index contributed by atoms with van der Waals surface area (Å²) >= 11 is 9.50. The van der Waals surface area contributed by atoms with E-state index in [0.29, 0.717) is 10.9 Å². The molecular formula is C12H17BrClNO. The number of benzene rings is 1. The van der Waals surface area contributed by atoms with E-state index in [1.165, 1.54) is 0 Å². The molecule has 0 aliphatic carbocycles. The quantitative estimate of drug-likeness (QED) is 0.874. The summed E-state index contributed by atoms with van der Waals surface area (Å²) in [6.45, 7) is 5.17. The highest BCUT2D eigenvalue weighted by Gasteiger charge is 2.13. The van der Waals surface area contributed by atoms with E-state index in [9.17, 15) is 5.11 Å². The molecule has 1 rings (SSSR count). The maximum atomic E-state index is 9.35. The highest BCUT2D eigenvalue weighted by atomic mass is 79.9. The molecule has 1 atom stereocenters. The van der Waals surface area contributed by atoms with Gasteiger partial charge in [0.2, 0.25) is 0 Å². The zero-order chi connectivity index (χ0) is 12.1. The Balaban J connectivity index is 2.78. The molecule has 2 N–H and O–H groups in total. The second kappa shape index (κ2) is 6.60. The molecule has 4 heteroatoms. The van der Waals surface area contributed by atoms with Crippen LogP contribution in [0.2, 0.25) is 5.02 Å². The number of aliphatic hydroxyl groups is 1. The van der Waals surface area contributed by atoms with Gasteiger partial charge in [-0.3, -0.25) is 0 Å². The van der Waals surface area contributed by atoms with Gasteiger partial charge in [0.1, 0.15) is 0 Å². The fourth-order valence-corrected chi connectivity index (χ4v) is 2.24. The number of nitrogens with one attached hydrogen (secondary N) is 1. The molecule has 0 spiro atoms. The number of hydrogen-bond acceptors (Lipinski definition) is 2. The van der Waals surface area contributed by atoms with Gasteiger partial charge in [0.05, 0.1) is 12.6 Å². The first kappa shape index (κ1) is 14.0. The molecule has 16 heavy (non-hydrogen) atoms. The lowest BCUT2D eigenvalue weighted by atomic mass is 10.1. The Labute approximate surface area is 110 Å². The molecule has 0 amide bonds. The van der Waals surface area contributed by atoms with E-state index in [4.69, 9.17) is 11.6 Å². The molecule has 0 saturated heterocycles. The fraction of sp³-hybridized carbons (Fsp3) is 0.500. The molecule has 1 unspecified atom stereocenters. The van der Waals surface area contributed by atoms with Crippen LogP contribution in [0.15, 0.2) is 22.7 Å². The molecule has 0 bridgehead atoms. The van der Waals surface area contributed by atoms with Crippen LogP contribution in [0.5, 0.6) is 0 Å². The van der Waals surface area contributed by atoms with E-state index in [-0.39, 0.29) is 12.6 Å². The number of hydrogen-bond donors (Lipinski definition) is 2. The third-order valence-electron chi connectivity index (χ3n) is 2.29. The van der Waals surface area contributed by atoms with E-state index in [2.05, 4.69) is 35.1 Å². The Morgan fingerprint density at radius 2 is 2.12 bits per heavy atom. The molecule has 0 aliphatic rings. The van der Waals surface area contributed by atoms with Crippen LogP contribution in [-0.4, -0.2) is 18.3 Å². The SMILES string of the molecule is CC(C)CNC(CO)c1ccc(Br)cc1Cl. The first-order valence-corrected chi connectivity index (χ1v) is 6.51.